The molecular weight excluding hydrogens is 248 g/mol. The number of nitrogens with zero attached hydrogens (tertiary/aromatic N) is 1. The highest BCUT2D eigenvalue weighted by Crippen LogP contribution is 2.32. The summed E-state index contributed by atoms with van der Waals surface area (Å²) in [5.41, 5.74) is 3.33. The number of hydrogen-bond acceptors (Lipinski definition) is 2. The van der Waals surface area contributed by atoms with Gasteiger partial charge in [-0.25, -0.2) is 0 Å². The van der Waals surface area contributed by atoms with Gasteiger partial charge in [0.1, 0.15) is 0 Å². The first-order valence-electron chi connectivity index (χ1n) is 6.75. The van der Waals surface area contributed by atoms with Crippen molar-refractivity contribution in [3.8, 4) is 11.1 Å². The minimum Gasteiger partial charge on any atom is -0.355 e. The Bertz CT molecular complexity index is 591. The van der Waals surface area contributed by atoms with Crippen LogP contribution < -0.4 is 5.32 Å². The molecule has 0 aliphatic carbocycles. The lowest BCUT2D eigenvalue weighted by molar-refractivity contribution is -0.119. The number of carbonyl (C=O) groups is 1. The predicted molar refractivity (Wildman–Crippen MR) is 81.4 cm³/mol. The van der Waals surface area contributed by atoms with Gasteiger partial charge in [-0.2, -0.15) is 0 Å². The van der Waals surface area contributed by atoms with Crippen molar-refractivity contribution in [1.29, 1.82) is 0 Å². The number of nitrogens with one attached hydrogen (secondary N) is 1. The Labute approximate surface area is 120 Å². The number of pyridine rings is 1. The molecule has 3 nitrogen and oxygen atoms in total. The summed E-state index contributed by atoms with van der Waals surface area (Å²) in [4.78, 5) is 15.3. The molecule has 20 heavy (non-hydrogen) atoms. The predicted octanol–water partition coefficient (Wildman–Crippen LogP) is 3.16. The van der Waals surface area contributed by atoms with Crippen molar-refractivity contribution >= 4 is 5.91 Å². The molecule has 1 aromatic carbocycles. The van der Waals surface area contributed by atoms with Gasteiger partial charge in [-0.1, -0.05) is 44.2 Å². The van der Waals surface area contributed by atoms with E-state index in [1.165, 1.54) is 5.56 Å². The van der Waals surface area contributed by atoms with Crippen molar-refractivity contribution in [2.75, 3.05) is 6.54 Å². The van der Waals surface area contributed by atoms with Crippen molar-refractivity contribution in [3.05, 3.63) is 54.4 Å². The Hall–Kier alpha value is -2.16. The molecule has 104 valence electrons. The molecule has 3 heteroatoms. The fourth-order valence-corrected chi connectivity index (χ4v) is 2.29. The second-order valence-corrected chi connectivity index (χ2v) is 5.58. The summed E-state index contributed by atoms with van der Waals surface area (Å²) in [5.74, 6) is -0.00284. The quantitative estimate of drug-likeness (QED) is 0.925. The number of rotatable bonds is 4. The zero-order chi connectivity index (χ0) is 14.6. The van der Waals surface area contributed by atoms with E-state index in [1.807, 2.05) is 24.4 Å². The average molecular weight is 268 g/mol. The molecule has 0 saturated carbocycles. The van der Waals surface area contributed by atoms with E-state index in [1.54, 1.807) is 13.1 Å². The highest BCUT2D eigenvalue weighted by atomic mass is 16.1. The number of amides is 1. The van der Waals surface area contributed by atoms with Gasteiger partial charge >= 0.3 is 0 Å². The van der Waals surface area contributed by atoms with Crippen LogP contribution in [0.3, 0.4) is 0 Å². The van der Waals surface area contributed by atoms with Crippen LogP contribution in [0.2, 0.25) is 0 Å². The van der Waals surface area contributed by atoms with Gasteiger partial charge in [-0.3, -0.25) is 9.78 Å². The smallest absolute Gasteiger partial charge is 0.216 e. The topological polar surface area (TPSA) is 42.0 Å². The third kappa shape index (κ3) is 3.23. The van der Waals surface area contributed by atoms with Crippen LogP contribution in [0.5, 0.6) is 0 Å². The maximum Gasteiger partial charge on any atom is 0.216 e. The molecule has 2 rings (SSSR count). The highest BCUT2D eigenvalue weighted by Gasteiger charge is 2.24. The lowest BCUT2D eigenvalue weighted by Crippen LogP contribution is -2.35. The van der Waals surface area contributed by atoms with Crippen LogP contribution in [0.25, 0.3) is 11.1 Å². The molecule has 0 bridgehead atoms. The molecule has 0 radical (unpaired) electrons. The maximum absolute atomic E-state index is 11.2. The normalized spacial score (nSPS) is 11.2. The number of benzene rings is 1. The van der Waals surface area contributed by atoms with E-state index >= 15 is 0 Å². The Balaban J connectivity index is 2.39. The molecular formula is C17H20N2O. The average Bonchev–Trinajstić information content (AvgIpc) is 2.46. The first-order chi connectivity index (χ1) is 9.50. The number of hydrogen-bond donors (Lipinski definition) is 1. The molecule has 0 aliphatic heterocycles. The standard InChI is InChI=1S/C17H20N2O/c1-13(20)19-12-17(2,3)16-9-5-4-8-15(16)14-7-6-10-18-11-14/h4-11H,12H2,1-3H3,(H,19,20). The van der Waals surface area contributed by atoms with Crippen LogP contribution >= 0.6 is 0 Å². The monoisotopic (exact) mass is 268 g/mol. The summed E-state index contributed by atoms with van der Waals surface area (Å²) in [5, 5.41) is 2.91. The molecule has 0 unspecified atom stereocenters. The van der Waals surface area contributed by atoms with Crippen molar-refractivity contribution < 1.29 is 4.79 Å². The van der Waals surface area contributed by atoms with E-state index in [9.17, 15) is 4.79 Å². The van der Waals surface area contributed by atoms with E-state index in [0.29, 0.717) is 6.54 Å². The summed E-state index contributed by atoms with van der Waals surface area (Å²) in [6, 6.07) is 12.3. The second-order valence-electron chi connectivity index (χ2n) is 5.58. The number of aromatic nitrogens is 1. The van der Waals surface area contributed by atoms with E-state index < -0.39 is 0 Å². The largest absolute Gasteiger partial charge is 0.355 e. The molecule has 1 N–H and O–H groups in total. The van der Waals surface area contributed by atoms with Gasteiger partial charge in [-0.15, -0.1) is 0 Å². The third-order valence-electron chi connectivity index (χ3n) is 3.41. The molecule has 0 saturated heterocycles. The summed E-state index contributed by atoms with van der Waals surface area (Å²) in [6.07, 6.45) is 3.64. The fourth-order valence-electron chi connectivity index (χ4n) is 2.29. The van der Waals surface area contributed by atoms with Crippen LogP contribution in [0.1, 0.15) is 26.3 Å². The van der Waals surface area contributed by atoms with Crippen molar-refractivity contribution in [2.45, 2.75) is 26.2 Å². The summed E-state index contributed by atoms with van der Waals surface area (Å²) >= 11 is 0. The first kappa shape index (κ1) is 14.3. The summed E-state index contributed by atoms with van der Waals surface area (Å²) < 4.78 is 0. The molecule has 1 amide bonds. The van der Waals surface area contributed by atoms with Crippen LogP contribution in [-0.2, 0) is 10.2 Å². The fraction of sp³-hybridized carbons (Fsp3) is 0.294. The van der Waals surface area contributed by atoms with Crippen molar-refractivity contribution in [3.63, 3.8) is 0 Å². The summed E-state index contributed by atoms with van der Waals surface area (Å²) in [7, 11) is 0. The van der Waals surface area contributed by atoms with Gasteiger partial charge < -0.3 is 5.32 Å². The van der Waals surface area contributed by atoms with Crippen LogP contribution in [-0.4, -0.2) is 17.4 Å². The minimum absolute atomic E-state index is 0.00284. The van der Waals surface area contributed by atoms with Gasteiger partial charge in [0, 0.05) is 36.8 Å². The van der Waals surface area contributed by atoms with Crippen LogP contribution in [0.15, 0.2) is 48.8 Å². The Morgan fingerprint density at radius 1 is 1.20 bits per heavy atom. The Morgan fingerprint density at radius 2 is 1.95 bits per heavy atom. The number of carbonyl (C=O) groups excluding carboxylic acids is 1. The zero-order valence-electron chi connectivity index (χ0n) is 12.2. The third-order valence-corrected chi connectivity index (χ3v) is 3.41. The molecule has 2 aromatic rings. The van der Waals surface area contributed by atoms with Crippen molar-refractivity contribution in [1.82, 2.24) is 10.3 Å². The second kappa shape index (κ2) is 5.87. The van der Waals surface area contributed by atoms with Crippen LogP contribution in [0.4, 0.5) is 0 Å². The lowest BCUT2D eigenvalue weighted by atomic mass is 9.80. The summed E-state index contributed by atoms with van der Waals surface area (Å²) in [6.45, 7) is 6.43. The van der Waals surface area contributed by atoms with E-state index in [4.69, 9.17) is 0 Å². The highest BCUT2D eigenvalue weighted by molar-refractivity contribution is 5.73. The SMILES string of the molecule is CC(=O)NCC(C)(C)c1ccccc1-c1cccnc1. The molecule has 0 fully saturated rings. The zero-order valence-corrected chi connectivity index (χ0v) is 12.2. The maximum atomic E-state index is 11.2. The van der Waals surface area contributed by atoms with Gasteiger partial charge in [0.15, 0.2) is 0 Å². The minimum atomic E-state index is -0.141. The Morgan fingerprint density at radius 3 is 2.60 bits per heavy atom. The molecule has 0 atom stereocenters. The van der Waals surface area contributed by atoms with E-state index in [2.05, 4.69) is 42.3 Å². The van der Waals surface area contributed by atoms with Crippen molar-refractivity contribution in [2.24, 2.45) is 0 Å². The van der Waals surface area contributed by atoms with E-state index in [0.717, 1.165) is 11.1 Å². The first-order valence-corrected chi connectivity index (χ1v) is 6.75. The molecule has 0 aliphatic rings. The molecule has 1 heterocycles. The van der Waals surface area contributed by atoms with Gasteiger partial charge in [0.05, 0.1) is 0 Å². The Kier molecular flexibility index (Phi) is 4.18. The van der Waals surface area contributed by atoms with E-state index in [-0.39, 0.29) is 11.3 Å². The molecule has 1 aromatic heterocycles. The van der Waals surface area contributed by atoms with Gasteiger partial charge in [0.2, 0.25) is 5.91 Å². The lowest BCUT2D eigenvalue weighted by Gasteiger charge is -2.28. The van der Waals surface area contributed by atoms with Gasteiger partial charge in [0.25, 0.3) is 0 Å². The molecule has 0 spiro atoms. The van der Waals surface area contributed by atoms with Crippen LogP contribution in [0, 0.1) is 0 Å². The van der Waals surface area contributed by atoms with Gasteiger partial charge in [-0.05, 0) is 17.2 Å².